The second-order valence-corrected chi connectivity index (χ2v) is 4.99. The lowest BCUT2D eigenvalue weighted by molar-refractivity contribution is 0.0603. The molecule has 3 rings (SSSR count). The number of H-pyrrole nitrogens is 1. The van der Waals surface area contributed by atoms with Crippen LogP contribution in [0.5, 0.6) is 0 Å². The van der Waals surface area contributed by atoms with E-state index in [2.05, 4.69) is 4.98 Å². The monoisotopic (exact) mass is 249 g/mol. The predicted octanol–water partition coefficient (Wildman–Crippen LogP) is 1.86. The zero-order valence-electron chi connectivity index (χ0n) is 9.33. The molecule has 17 heavy (non-hydrogen) atoms. The number of esters is 1. The number of rotatable bonds is 1. The molecule has 2 aromatic heterocycles. The summed E-state index contributed by atoms with van der Waals surface area (Å²) in [4.78, 5) is 26.3. The van der Waals surface area contributed by atoms with Crippen molar-refractivity contribution >= 4 is 27.5 Å². The largest absolute Gasteiger partial charge is 0.465 e. The van der Waals surface area contributed by atoms with Gasteiger partial charge in [0.05, 0.1) is 22.9 Å². The molecule has 0 aromatic carbocycles. The average Bonchev–Trinajstić information content (AvgIpc) is 2.93. The van der Waals surface area contributed by atoms with Gasteiger partial charge in [0.15, 0.2) is 0 Å². The highest BCUT2D eigenvalue weighted by Gasteiger charge is 2.22. The summed E-state index contributed by atoms with van der Waals surface area (Å²) >= 11 is 1.50. The molecule has 88 valence electrons. The first-order valence-electron chi connectivity index (χ1n) is 5.46. The minimum atomic E-state index is -0.398. The summed E-state index contributed by atoms with van der Waals surface area (Å²) in [6, 6.07) is 0. The molecule has 0 amide bonds. The minimum absolute atomic E-state index is 0.0615. The Kier molecular flexibility index (Phi) is 2.29. The van der Waals surface area contributed by atoms with Crippen molar-refractivity contribution in [3.63, 3.8) is 0 Å². The van der Waals surface area contributed by atoms with E-state index < -0.39 is 5.97 Å². The molecule has 1 aliphatic carbocycles. The van der Waals surface area contributed by atoms with Crippen LogP contribution in [0.3, 0.4) is 0 Å². The maximum absolute atomic E-state index is 11.9. The SMILES string of the molecule is COC(=O)c1csc2c3c(c(=O)[nH]c12)CCC3. The van der Waals surface area contributed by atoms with Crippen LogP contribution in [0.1, 0.15) is 27.9 Å². The quantitative estimate of drug-likeness (QED) is 0.785. The number of carbonyl (C=O) groups excluding carboxylic acids is 1. The molecule has 0 unspecified atom stereocenters. The normalized spacial score (nSPS) is 13.9. The third-order valence-corrected chi connectivity index (χ3v) is 4.24. The lowest BCUT2D eigenvalue weighted by atomic mass is 10.1. The lowest BCUT2D eigenvalue weighted by Gasteiger charge is -2.01. The molecule has 0 atom stereocenters. The number of fused-ring (bicyclic) bond motifs is 3. The molecular weight excluding hydrogens is 238 g/mol. The average molecular weight is 249 g/mol. The number of thiophene rings is 1. The molecule has 2 heterocycles. The smallest absolute Gasteiger partial charge is 0.340 e. The topological polar surface area (TPSA) is 59.2 Å². The fraction of sp³-hybridized carbons (Fsp3) is 0.333. The second-order valence-electron chi connectivity index (χ2n) is 4.11. The summed E-state index contributed by atoms with van der Waals surface area (Å²) < 4.78 is 5.73. The first kappa shape index (κ1) is 10.5. The lowest BCUT2D eigenvalue weighted by Crippen LogP contribution is -2.13. The summed E-state index contributed by atoms with van der Waals surface area (Å²) in [5.41, 5.74) is 3.03. The number of pyridine rings is 1. The van der Waals surface area contributed by atoms with Crippen LogP contribution in [0.15, 0.2) is 10.2 Å². The van der Waals surface area contributed by atoms with E-state index in [0.717, 1.165) is 35.1 Å². The molecule has 0 aliphatic heterocycles. The third kappa shape index (κ3) is 1.42. The van der Waals surface area contributed by atoms with Crippen molar-refractivity contribution < 1.29 is 9.53 Å². The number of methoxy groups -OCH3 is 1. The van der Waals surface area contributed by atoms with Crippen LogP contribution in [0.2, 0.25) is 0 Å². The van der Waals surface area contributed by atoms with Gasteiger partial charge in [-0.2, -0.15) is 0 Å². The van der Waals surface area contributed by atoms with Crippen molar-refractivity contribution in [2.75, 3.05) is 7.11 Å². The van der Waals surface area contributed by atoms with E-state index in [9.17, 15) is 9.59 Å². The van der Waals surface area contributed by atoms with Gasteiger partial charge in [0.1, 0.15) is 0 Å². The molecule has 1 N–H and O–H groups in total. The zero-order valence-corrected chi connectivity index (χ0v) is 10.1. The van der Waals surface area contributed by atoms with Crippen LogP contribution in [0.25, 0.3) is 10.2 Å². The number of nitrogens with one attached hydrogen (secondary N) is 1. The van der Waals surface area contributed by atoms with E-state index in [1.54, 1.807) is 5.38 Å². The Hall–Kier alpha value is -1.62. The summed E-state index contributed by atoms with van der Waals surface area (Å²) in [6.45, 7) is 0. The number of ether oxygens (including phenoxy) is 1. The molecule has 2 aromatic rings. The van der Waals surface area contributed by atoms with Crippen molar-refractivity contribution in [1.82, 2.24) is 4.98 Å². The summed E-state index contributed by atoms with van der Waals surface area (Å²) in [5, 5.41) is 1.76. The van der Waals surface area contributed by atoms with E-state index >= 15 is 0 Å². The number of aryl methyl sites for hydroxylation is 1. The summed E-state index contributed by atoms with van der Waals surface area (Å²) in [5.74, 6) is -0.398. The predicted molar refractivity (Wildman–Crippen MR) is 65.8 cm³/mol. The van der Waals surface area contributed by atoms with Gasteiger partial charge in [0.25, 0.3) is 5.56 Å². The standard InChI is InChI=1S/C12H11NO3S/c1-16-12(15)8-5-17-10-6-3-2-4-7(6)11(14)13-9(8)10/h5H,2-4H2,1H3,(H,13,14). The van der Waals surface area contributed by atoms with Crippen LogP contribution >= 0.6 is 11.3 Å². The number of hydrogen-bond acceptors (Lipinski definition) is 4. The van der Waals surface area contributed by atoms with Gasteiger partial charge in [-0.25, -0.2) is 4.79 Å². The van der Waals surface area contributed by atoms with Gasteiger partial charge in [-0.05, 0) is 24.8 Å². The molecular formula is C12H11NO3S. The van der Waals surface area contributed by atoms with Crippen LogP contribution in [0.4, 0.5) is 0 Å². The molecule has 5 heteroatoms. The minimum Gasteiger partial charge on any atom is -0.465 e. The Morgan fingerprint density at radius 3 is 2.94 bits per heavy atom. The highest BCUT2D eigenvalue weighted by Crippen LogP contribution is 2.32. The number of hydrogen-bond donors (Lipinski definition) is 1. The van der Waals surface area contributed by atoms with Crippen molar-refractivity contribution in [3.8, 4) is 0 Å². The molecule has 4 nitrogen and oxygen atoms in total. The Balaban J connectivity index is 2.35. The molecule has 0 saturated carbocycles. The molecule has 0 radical (unpaired) electrons. The van der Waals surface area contributed by atoms with Gasteiger partial charge >= 0.3 is 5.97 Å². The van der Waals surface area contributed by atoms with Crippen molar-refractivity contribution in [1.29, 1.82) is 0 Å². The second kappa shape index (κ2) is 3.70. The van der Waals surface area contributed by atoms with Crippen molar-refractivity contribution in [2.24, 2.45) is 0 Å². The molecule has 0 bridgehead atoms. The Bertz CT molecular complexity index is 668. The van der Waals surface area contributed by atoms with Gasteiger partial charge in [-0.3, -0.25) is 4.79 Å². The van der Waals surface area contributed by atoms with Gasteiger partial charge < -0.3 is 9.72 Å². The van der Waals surface area contributed by atoms with Crippen LogP contribution in [-0.2, 0) is 17.6 Å². The van der Waals surface area contributed by atoms with Crippen LogP contribution in [-0.4, -0.2) is 18.1 Å². The van der Waals surface area contributed by atoms with Crippen LogP contribution in [0, 0.1) is 0 Å². The van der Waals surface area contributed by atoms with E-state index in [1.165, 1.54) is 18.4 Å². The Morgan fingerprint density at radius 2 is 2.18 bits per heavy atom. The van der Waals surface area contributed by atoms with Gasteiger partial charge in [0.2, 0.25) is 0 Å². The molecule has 0 spiro atoms. The Labute approximate surface area is 101 Å². The number of carbonyl (C=O) groups is 1. The molecule has 0 fully saturated rings. The highest BCUT2D eigenvalue weighted by molar-refractivity contribution is 7.17. The maximum Gasteiger partial charge on any atom is 0.340 e. The van der Waals surface area contributed by atoms with Gasteiger partial charge in [-0.1, -0.05) is 0 Å². The fourth-order valence-electron chi connectivity index (χ4n) is 2.40. The molecule has 1 aliphatic rings. The van der Waals surface area contributed by atoms with E-state index in [4.69, 9.17) is 4.74 Å². The summed E-state index contributed by atoms with van der Waals surface area (Å²) in [6.07, 6.45) is 2.78. The van der Waals surface area contributed by atoms with E-state index in [1.807, 2.05) is 0 Å². The Morgan fingerprint density at radius 1 is 1.41 bits per heavy atom. The van der Waals surface area contributed by atoms with Crippen LogP contribution < -0.4 is 5.56 Å². The van der Waals surface area contributed by atoms with Crippen molar-refractivity contribution in [2.45, 2.75) is 19.3 Å². The zero-order chi connectivity index (χ0) is 12.0. The first-order chi connectivity index (χ1) is 8.22. The maximum atomic E-state index is 11.9. The number of aromatic nitrogens is 1. The van der Waals surface area contributed by atoms with Gasteiger partial charge in [0, 0.05) is 10.9 Å². The third-order valence-electron chi connectivity index (χ3n) is 3.20. The highest BCUT2D eigenvalue weighted by atomic mass is 32.1. The number of aromatic amines is 1. The molecule has 0 saturated heterocycles. The fourth-order valence-corrected chi connectivity index (χ4v) is 3.49. The van der Waals surface area contributed by atoms with E-state index in [0.29, 0.717) is 11.1 Å². The van der Waals surface area contributed by atoms with Gasteiger partial charge in [-0.15, -0.1) is 11.3 Å². The van der Waals surface area contributed by atoms with E-state index in [-0.39, 0.29) is 5.56 Å². The summed E-state index contributed by atoms with van der Waals surface area (Å²) in [7, 11) is 1.34. The van der Waals surface area contributed by atoms with Crippen molar-refractivity contribution in [3.05, 3.63) is 32.4 Å². The first-order valence-corrected chi connectivity index (χ1v) is 6.34.